The van der Waals surface area contributed by atoms with Crippen LogP contribution in [0.4, 0.5) is 4.39 Å². The van der Waals surface area contributed by atoms with Crippen molar-refractivity contribution in [3.63, 3.8) is 0 Å². The maximum Gasteiger partial charge on any atom is 0.226 e. The molecule has 110 valence electrons. The summed E-state index contributed by atoms with van der Waals surface area (Å²) < 4.78 is 12.8. The van der Waals surface area contributed by atoms with Crippen LogP contribution in [0.25, 0.3) is 0 Å². The van der Waals surface area contributed by atoms with Crippen molar-refractivity contribution in [2.75, 3.05) is 26.2 Å². The summed E-state index contributed by atoms with van der Waals surface area (Å²) in [5.41, 5.74) is 0.881. The molecule has 2 rings (SSSR count). The molecule has 4 heteroatoms. The highest BCUT2D eigenvalue weighted by atomic mass is 19.1. The summed E-state index contributed by atoms with van der Waals surface area (Å²) in [5, 5.41) is 3.37. The molecule has 0 aromatic heterocycles. The molecule has 0 bridgehead atoms. The Hall–Kier alpha value is -1.42. The summed E-state index contributed by atoms with van der Waals surface area (Å²) in [5.74, 6) is 0.578. The zero-order valence-corrected chi connectivity index (χ0v) is 12.1. The van der Waals surface area contributed by atoms with Gasteiger partial charge < -0.3 is 10.2 Å². The second kappa shape index (κ2) is 7.39. The van der Waals surface area contributed by atoms with Gasteiger partial charge in [-0.05, 0) is 49.5 Å². The average molecular weight is 278 g/mol. The zero-order chi connectivity index (χ0) is 14.4. The molecule has 1 heterocycles. The lowest BCUT2D eigenvalue weighted by Crippen LogP contribution is -2.41. The molecule has 1 N–H and O–H groups in total. The normalized spacial score (nSPS) is 16.4. The van der Waals surface area contributed by atoms with Crippen molar-refractivity contribution in [3.8, 4) is 0 Å². The van der Waals surface area contributed by atoms with Gasteiger partial charge in [0, 0.05) is 13.1 Å². The van der Waals surface area contributed by atoms with E-state index in [0.29, 0.717) is 12.3 Å². The lowest BCUT2D eigenvalue weighted by Gasteiger charge is -2.32. The summed E-state index contributed by atoms with van der Waals surface area (Å²) in [6, 6.07) is 6.19. The minimum absolute atomic E-state index is 0.151. The molecule has 1 saturated heterocycles. The number of nitrogens with zero attached hydrogens (tertiary/aromatic N) is 1. The molecule has 3 nitrogen and oxygen atoms in total. The van der Waals surface area contributed by atoms with Crippen LogP contribution in [-0.2, 0) is 11.2 Å². The van der Waals surface area contributed by atoms with Crippen LogP contribution < -0.4 is 5.32 Å². The smallest absolute Gasteiger partial charge is 0.226 e. The SMILES string of the molecule is CCNCC1CCN(C(=O)Cc2ccc(F)cc2)CC1. The fraction of sp³-hybridized carbons (Fsp3) is 0.562. The molecule has 0 atom stereocenters. The van der Waals surface area contributed by atoms with Gasteiger partial charge in [-0.15, -0.1) is 0 Å². The monoisotopic (exact) mass is 278 g/mol. The highest BCUT2D eigenvalue weighted by molar-refractivity contribution is 5.78. The predicted octanol–water partition coefficient (Wildman–Crippen LogP) is 2.22. The molecular weight excluding hydrogens is 255 g/mol. The quantitative estimate of drug-likeness (QED) is 0.895. The van der Waals surface area contributed by atoms with Gasteiger partial charge in [0.1, 0.15) is 5.82 Å². The van der Waals surface area contributed by atoms with Crippen molar-refractivity contribution in [1.29, 1.82) is 0 Å². The predicted molar refractivity (Wildman–Crippen MR) is 78.0 cm³/mol. The van der Waals surface area contributed by atoms with E-state index in [1.165, 1.54) is 12.1 Å². The van der Waals surface area contributed by atoms with E-state index in [0.717, 1.165) is 44.6 Å². The Balaban J connectivity index is 1.78. The number of halogens is 1. The van der Waals surface area contributed by atoms with Gasteiger partial charge in [0.15, 0.2) is 0 Å². The van der Waals surface area contributed by atoms with Crippen LogP contribution in [0, 0.1) is 11.7 Å². The Morgan fingerprint density at radius 3 is 2.55 bits per heavy atom. The van der Waals surface area contributed by atoms with E-state index in [1.54, 1.807) is 12.1 Å². The fourth-order valence-electron chi connectivity index (χ4n) is 2.62. The van der Waals surface area contributed by atoms with Crippen LogP contribution in [0.15, 0.2) is 24.3 Å². The number of likely N-dealkylation sites (tertiary alicyclic amines) is 1. The van der Waals surface area contributed by atoms with Crippen LogP contribution >= 0.6 is 0 Å². The molecule has 1 aromatic rings. The summed E-state index contributed by atoms with van der Waals surface area (Å²) in [6.07, 6.45) is 2.52. The van der Waals surface area contributed by atoms with Gasteiger partial charge in [-0.3, -0.25) is 4.79 Å². The van der Waals surface area contributed by atoms with Crippen LogP contribution in [0.5, 0.6) is 0 Å². The van der Waals surface area contributed by atoms with E-state index >= 15 is 0 Å². The highest BCUT2D eigenvalue weighted by Gasteiger charge is 2.22. The Labute approximate surface area is 120 Å². The Morgan fingerprint density at radius 1 is 1.30 bits per heavy atom. The lowest BCUT2D eigenvalue weighted by molar-refractivity contribution is -0.131. The first-order valence-corrected chi connectivity index (χ1v) is 7.42. The summed E-state index contributed by atoms with van der Waals surface area (Å²) >= 11 is 0. The molecular formula is C16H23FN2O. The van der Waals surface area contributed by atoms with E-state index in [2.05, 4.69) is 12.2 Å². The van der Waals surface area contributed by atoms with Crippen LogP contribution in [0.1, 0.15) is 25.3 Å². The summed E-state index contributed by atoms with van der Waals surface area (Å²) in [4.78, 5) is 14.1. The minimum atomic E-state index is -0.259. The lowest BCUT2D eigenvalue weighted by atomic mass is 9.96. The standard InChI is InChI=1S/C16H23FN2O/c1-2-18-12-14-7-9-19(10-8-14)16(20)11-13-3-5-15(17)6-4-13/h3-6,14,18H,2,7-12H2,1H3. The first-order chi connectivity index (χ1) is 9.69. The van der Waals surface area contributed by atoms with Crippen molar-refractivity contribution in [2.24, 2.45) is 5.92 Å². The molecule has 0 saturated carbocycles. The van der Waals surface area contributed by atoms with E-state index in [9.17, 15) is 9.18 Å². The molecule has 1 aliphatic heterocycles. The van der Waals surface area contributed by atoms with Crippen molar-refractivity contribution >= 4 is 5.91 Å². The van der Waals surface area contributed by atoms with E-state index in [1.807, 2.05) is 4.90 Å². The second-order valence-corrected chi connectivity index (χ2v) is 5.44. The van der Waals surface area contributed by atoms with Crippen molar-refractivity contribution < 1.29 is 9.18 Å². The van der Waals surface area contributed by atoms with Crippen molar-refractivity contribution in [3.05, 3.63) is 35.6 Å². The van der Waals surface area contributed by atoms with Crippen LogP contribution in [0.2, 0.25) is 0 Å². The molecule has 0 spiro atoms. The third-order valence-corrected chi connectivity index (χ3v) is 3.92. The number of hydrogen-bond acceptors (Lipinski definition) is 2. The minimum Gasteiger partial charge on any atom is -0.342 e. The van der Waals surface area contributed by atoms with Gasteiger partial charge >= 0.3 is 0 Å². The maximum atomic E-state index is 12.8. The number of nitrogens with one attached hydrogen (secondary N) is 1. The molecule has 20 heavy (non-hydrogen) atoms. The number of benzene rings is 1. The zero-order valence-electron chi connectivity index (χ0n) is 12.1. The topological polar surface area (TPSA) is 32.3 Å². The van der Waals surface area contributed by atoms with Gasteiger partial charge in [0.2, 0.25) is 5.91 Å². The van der Waals surface area contributed by atoms with E-state index in [4.69, 9.17) is 0 Å². The Morgan fingerprint density at radius 2 is 1.95 bits per heavy atom. The molecule has 1 aromatic carbocycles. The van der Waals surface area contributed by atoms with Gasteiger partial charge in [-0.25, -0.2) is 4.39 Å². The van der Waals surface area contributed by atoms with Crippen LogP contribution in [0.3, 0.4) is 0 Å². The third kappa shape index (κ3) is 4.30. The van der Waals surface area contributed by atoms with Gasteiger partial charge in [0.25, 0.3) is 0 Å². The average Bonchev–Trinajstić information content (AvgIpc) is 2.48. The Bertz CT molecular complexity index is 425. The van der Waals surface area contributed by atoms with Crippen molar-refractivity contribution in [1.82, 2.24) is 10.2 Å². The van der Waals surface area contributed by atoms with Gasteiger partial charge in [-0.1, -0.05) is 19.1 Å². The number of piperidine rings is 1. The van der Waals surface area contributed by atoms with Gasteiger partial charge in [0.05, 0.1) is 6.42 Å². The Kier molecular flexibility index (Phi) is 5.53. The molecule has 0 radical (unpaired) electrons. The van der Waals surface area contributed by atoms with Crippen molar-refractivity contribution in [2.45, 2.75) is 26.2 Å². The second-order valence-electron chi connectivity index (χ2n) is 5.44. The number of hydrogen-bond donors (Lipinski definition) is 1. The van der Waals surface area contributed by atoms with E-state index in [-0.39, 0.29) is 11.7 Å². The maximum absolute atomic E-state index is 12.8. The largest absolute Gasteiger partial charge is 0.342 e. The molecule has 0 unspecified atom stereocenters. The molecule has 1 fully saturated rings. The molecule has 1 amide bonds. The van der Waals surface area contributed by atoms with E-state index < -0.39 is 0 Å². The third-order valence-electron chi connectivity index (χ3n) is 3.92. The first kappa shape index (κ1) is 15.0. The number of amides is 1. The molecule has 1 aliphatic rings. The number of carbonyl (C=O) groups excluding carboxylic acids is 1. The first-order valence-electron chi connectivity index (χ1n) is 7.42. The fourth-order valence-corrected chi connectivity index (χ4v) is 2.62. The summed E-state index contributed by atoms with van der Waals surface area (Å²) in [6.45, 7) is 5.85. The number of carbonyl (C=O) groups is 1. The molecule has 0 aliphatic carbocycles. The van der Waals surface area contributed by atoms with Crippen LogP contribution in [-0.4, -0.2) is 37.0 Å². The van der Waals surface area contributed by atoms with Gasteiger partial charge in [-0.2, -0.15) is 0 Å². The summed E-state index contributed by atoms with van der Waals surface area (Å²) in [7, 11) is 0. The number of rotatable bonds is 5. The highest BCUT2D eigenvalue weighted by Crippen LogP contribution is 2.17.